The Labute approximate surface area is 269 Å². The van der Waals surface area contributed by atoms with Crippen LogP contribution in [0.2, 0.25) is 5.02 Å². The van der Waals surface area contributed by atoms with Crippen molar-refractivity contribution in [2.75, 3.05) is 39.3 Å². The standard InChI is InChI=1S/C34H46ClF4N3O3/c1-5-44-33(43)32(27-8-6-7-23(4)31(27)24-9-12-26(13-10-24)45-34(37,38)39)40-16-15-30(28-21-25(35)11-14-29(28)36)42-19-17-41(18-20-42)22(2)3/h6-8,11,14,21-22,24,26,30,32,40H,5,9-10,12-13,15-20H2,1-4H3/t24?,26?,30-,32?/m0/s1. The van der Waals surface area contributed by atoms with Crippen LogP contribution in [0.15, 0.2) is 36.4 Å². The number of nitrogens with zero attached hydrogens (tertiary/aromatic N) is 2. The molecule has 0 aromatic heterocycles. The molecule has 2 fully saturated rings. The van der Waals surface area contributed by atoms with Gasteiger partial charge in [0.05, 0.1) is 12.7 Å². The van der Waals surface area contributed by atoms with Crippen molar-refractivity contribution in [3.8, 4) is 0 Å². The van der Waals surface area contributed by atoms with E-state index in [1.165, 1.54) is 6.07 Å². The second-order valence-corrected chi connectivity index (χ2v) is 12.8. The first-order chi connectivity index (χ1) is 21.4. The Morgan fingerprint density at radius 2 is 1.69 bits per heavy atom. The minimum atomic E-state index is -4.65. The molecule has 0 amide bonds. The predicted octanol–water partition coefficient (Wildman–Crippen LogP) is 7.70. The van der Waals surface area contributed by atoms with Crippen molar-refractivity contribution < 1.29 is 31.8 Å². The van der Waals surface area contributed by atoms with Gasteiger partial charge in [-0.25, -0.2) is 9.18 Å². The topological polar surface area (TPSA) is 54.0 Å². The molecule has 1 aliphatic heterocycles. The molecular weight excluding hydrogens is 610 g/mol. The van der Waals surface area contributed by atoms with E-state index < -0.39 is 24.5 Å². The Balaban J connectivity index is 1.55. The SMILES string of the molecule is CCOC(=O)C(NCC[C@@H](c1cc(Cl)ccc1F)N1CCN(C(C)C)CC1)c1cccc(C)c1C1CCC(OC(F)(F)F)CC1. The highest BCUT2D eigenvalue weighted by atomic mass is 35.5. The van der Waals surface area contributed by atoms with Gasteiger partial charge in [-0.1, -0.05) is 29.8 Å². The number of ether oxygens (including phenoxy) is 2. The van der Waals surface area contributed by atoms with Crippen LogP contribution in [0.3, 0.4) is 0 Å². The molecule has 45 heavy (non-hydrogen) atoms. The summed E-state index contributed by atoms with van der Waals surface area (Å²) in [5.41, 5.74) is 3.25. The lowest BCUT2D eigenvalue weighted by atomic mass is 9.78. The number of hydrogen-bond donors (Lipinski definition) is 1. The van der Waals surface area contributed by atoms with E-state index in [9.17, 15) is 18.0 Å². The summed E-state index contributed by atoms with van der Waals surface area (Å²) in [7, 11) is 0. The van der Waals surface area contributed by atoms with Crippen molar-refractivity contribution in [3.63, 3.8) is 0 Å². The zero-order valence-corrected chi connectivity index (χ0v) is 27.4. The number of halogens is 5. The molecule has 1 heterocycles. The fourth-order valence-electron chi connectivity index (χ4n) is 6.95. The van der Waals surface area contributed by atoms with E-state index in [0.717, 1.165) is 42.9 Å². The largest absolute Gasteiger partial charge is 0.522 e. The van der Waals surface area contributed by atoms with Crippen LogP contribution < -0.4 is 5.32 Å². The second-order valence-electron chi connectivity index (χ2n) is 12.4. The van der Waals surface area contributed by atoms with E-state index >= 15 is 4.39 Å². The highest BCUT2D eigenvalue weighted by molar-refractivity contribution is 6.30. The lowest BCUT2D eigenvalue weighted by Gasteiger charge is -2.41. The average Bonchev–Trinajstić information content (AvgIpc) is 2.98. The summed E-state index contributed by atoms with van der Waals surface area (Å²) in [6.07, 6.45) is -3.38. The molecule has 2 aromatic carbocycles. The number of benzene rings is 2. The molecule has 2 aliphatic rings. The number of carbonyl (C=O) groups excluding carboxylic acids is 1. The smallest absolute Gasteiger partial charge is 0.465 e. The molecule has 1 saturated carbocycles. The summed E-state index contributed by atoms with van der Waals surface area (Å²) in [5.74, 6) is -0.753. The Kier molecular flexibility index (Phi) is 12.7. The summed E-state index contributed by atoms with van der Waals surface area (Å²) in [6, 6.07) is 9.78. The summed E-state index contributed by atoms with van der Waals surface area (Å²) in [5, 5.41) is 3.89. The number of piperazine rings is 1. The van der Waals surface area contributed by atoms with Crippen LogP contribution in [0.25, 0.3) is 0 Å². The molecule has 0 bridgehead atoms. The van der Waals surface area contributed by atoms with Gasteiger partial charge in [-0.2, -0.15) is 0 Å². The van der Waals surface area contributed by atoms with Gasteiger partial charge >= 0.3 is 12.3 Å². The highest BCUT2D eigenvalue weighted by Crippen LogP contribution is 2.41. The molecule has 2 aromatic rings. The molecule has 0 radical (unpaired) electrons. The molecular formula is C34H46ClF4N3O3. The van der Waals surface area contributed by atoms with Crippen LogP contribution in [-0.2, 0) is 14.3 Å². The summed E-state index contributed by atoms with van der Waals surface area (Å²) in [4.78, 5) is 18.1. The third-order valence-electron chi connectivity index (χ3n) is 9.18. The molecule has 1 saturated heterocycles. The van der Waals surface area contributed by atoms with E-state index in [2.05, 4.69) is 33.7 Å². The van der Waals surface area contributed by atoms with E-state index in [-0.39, 0.29) is 37.2 Å². The quantitative estimate of drug-likeness (QED) is 0.187. The Morgan fingerprint density at radius 3 is 2.31 bits per heavy atom. The number of nitrogens with one attached hydrogen (secondary N) is 1. The summed E-state index contributed by atoms with van der Waals surface area (Å²) >= 11 is 6.32. The van der Waals surface area contributed by atoms with Gasteiger partial charge in [-0.05, 0) is 107 Å². The molecule has 1 N–H and O–H groups in total. The number of rotatable bonds is 12. The maximum atomic E-state index is 15.2. The molecule has 11 heteroatoms. The van der Waals surface area contributed by atoms with Crippen molar-refractivity contribution in [3.05, 3.63) is 69.5 Å². The van der Waals surface area contributed by atoms with Crippen molar-refractivity contribution in [1.82, 2.24) is 15.1 Å². The van der Waals surface area contributed by atoms with Gasteiger partial charge in [-0.3, -0.25) is 14.5 Å². The number of hydrogen-bond acceptors (Lipinski definition) is 6. The monoisotopic (exact) mass is 655 g/mol. The minimum Gasteiger partial charge on any atom is -0.465 e. The number of esters is 1. The second kappa shape index (κ2) is 16.0. The minimum absolute atomic E-state index is 0.0152. The highest BCUT2D eigenvalue weighted by Gasteiger charge is 2.37. The van der Waals surface area contributed by atoms with Gasteiger partial charge in [0.2, 0.25) is 0 Å². The molecule has 1 aliphatic carbocycles. The van der Waals surface area contributed by atoms with Crippen LogP contribution in [0.4, 0.5) is 17.6 Å². The summed E-state index contributed by atoms with van der Waals surface area (Å²) in [6.45, 7) is 12.0. The maximum absolute atomic E-state index is 15.2. The van der Waals surface area contributed by atoms with Crippen molar-refractivity contribution in [2.45, 2.75) is 96.3 Å². The number of alkyl halides is 3. The van der Waals surface area contributed by atoms with Gasteiger partial charge in [0.15, 0.2) is 0 Å². The maximum Gasteiger partial charge on any atom is 0.522 e. The lowest BCUT2D eigenvalue weighted by molar-refractivity contribution is -0.345. The van der Waals surface area contributed by atoms with E-state index in [4.69, 9.17) is 16.3 Å². The van der Waals surface area contributed by atoms with E-state index in [1.807, 2.05) is 25.1 Å². The zero-order valence-electron chi connectivity index (χ0n) is 26.6. The third kappa shape index (κ3) is 9.64. The van der Waals surface area contributed by atoms with Gasteiger partial charge < -0.3 is 10.1 Å². The molecule has 2 atom stereocenters. The number of aryl methyl sites for hydroxylation is 1. The van der Waals surface area contributed by atoms with Crippen LogP contribution in [0.5, 0.6) is 0 Å². The number of carbonyl (C=O) groups is 1. The van der Waals surface area contributed by atoms with Gasteiger partial charge in [0, 0.05) is 48.8 Å². The van der Waals surface area contributed by atoms with E-state index in [1.54, 1.807) is 19.1 Å². The molecule has 250 valence electrons. The predicted molar refractivity (Wildman–Crippen MR) is 168 cm³/mol. The van der Waals surface area contributed by atoms with Crippen molar-refractivity contribution in [2.24, 2.45) is 0 Å². The van der Waals surface area contributed by atoms with Crippen LogP contribution in [-0.4, -0.2) is 73.6 Å². The van der Waals surface area contributed by atoms with Crippen LogP contribution >= 0.6 is 11.6 Å². The lowest BCUT2D eigenvalue weighted by Crippen LogP contribution is -2.50. The van der Waals surface area contributed by atoms with Crippen molar-refractivity contribution >= 4 is 17.6 Å². The first-order valence-corrected chi connectivity index (χ1v) is 16.4. The molecule has 4 rings (SSSR count). The Morgan fingerprint density at radius 1 is 1.02 bits per heavy atom. The fourth-order valence-corrected chi connectivity index (χ4v) is 7.13. The fraction of sp³-hybridized carbons (Fsp3) is 0.618. The first-order valence-electron chi connectivity index (χ1n) is 16.0. The van der Waals surface area contributed by atoms with Crippen LogP contribution in [0, 0.1) is 12.7 Å². The van der Waals surface area contributed by atoms with Gasteiger partial charge in [0.25, 0.3) is 0 Å². The summed E-state index contributed by atoms with van der Waals surface area (Å²) < 4.78 is 63.5. The normalized spacial score (nSPS) is 21.6. The van der Waals surface area contributed by atoms with E-state index in [0.29, 0.717) is 42.4 Å². The van der Waals surface area contributed by atoms with Gasteiger partial charge in [-0.15, -0.1) is 13.2 Å². The molecule has 0 spiro atoms. The third-order valence-corrected chi connectivity index (χ3v) is 9.41. The first kappa shape index (κ1) is 35.6. The average molecular weight is 656 g/mol. The van der Waals surface area contributed by atoms with Crippen molar-refractivity contribution in [1.29, 1.82) is 0 Å². The molecule has 1 unspecified atom stereocenters. The zero-order chi connectivity index (χ0) is 32.7. The van der Waals surface area contributed by atoms with Crippen LogP contribution in [0.1, 0.15) is 93.1 Å². The Hall–Kier alpha value is -2.24. The molecule has 6 nitrogen and oxygen atoms in total. The van der Waals surface area contributed by atoms with Gasteiger partial charge in [0.1, 0.15) is 11.9 Å². The Bertz CT molecular complexity index is 1260.